The summed E-state index contributed by atoms with van der Waals surface area (Å²) in [7, 11) is -1.16. The van der Waals surface area contributed by atoms with Gasteiger partial charge in [0.05, 0.1) is 17.4 Å². The number of nitrogens with two attached hydrogens (primary N) is 1. The Morgan fingerprint density at radius 2 is 2.05 bits per heavy atom. The Morgan fingerprint density at radius 3 is 2.52 bits per heavy atom. The van der Waals surface area contributed by atoms with Crippen molar-refractivity contribution in [3.8, 4) is 0 Å². The zero-order valence-corrected chi connectivity index (χ0v) is 12.9. The lowest BCUT2D eigenvalue weighted by molar-refractivity contribution is -0.126. The van der Waals surface area contributed by atoms with E-state index in [0.29, 0.717) is 32.4 Å². The summed E-state index contributed by atoms with van der Waals surface area (Å²) < 4.78 is 23.0. The minimum atomic E-state index is -3.12. The highest BCUT2D eigenvalue weighted by molar-refractivity contribution is 7.91. The van der Waals surface area contributed by atoms with Crippen LogP contribution < -0.4 is 11.1 Å². The van der Waals surface area contributed by atoms with E-state index in [4.69, 9.17) is 10.9 Å². The number of oxime groups is 1. The molecule has 4 N–H and O–H groups in total. The van der Waals surface area contributed by atoms with Crippen LogP contribution in [-0.4, -0.2) is 67.4 Å². The van der Waals surface area contributed by atoms with Gasteiger partial charge in [-0.25, -0.2) is 8.42 Å². The van der Waals surface area contributed by atoms with Crippen molar-refractivity contribution in [2.24, 2.45) is 16.8 Å². The average molecular weight is 318 g/mol. The standard InChI is InChI=1S/C12H22N4O4S/c1-16-5-3-12(4-6-16,11(13)15-18)14-10(17)9-2-7-21(19,20)8-9/h9,18H,2-8H2,1H3,(H2,13,15)(H,14,17). The molecule has 0 aromatic heterocycles. The lowest BCUT2D eigenvalue weighted by atomic mass is 9.85. The highest BCUT2D eigenvalue weighted by Gasteiger charge is 2.42. The first-order chi connectivity index (χ1) is 9.78. The molecule has 0 saturated carbocycles. The van der Waals surface area contributed by atoms with Crippen molar-refractivity contribution in [2.75, 3.05) is 31.6 Å². The molecule has 21 heavy (non-hydrogen) atoms. The predicted octanol–water partition coefficient (Wildman–Crippen LogP) is -1.25. The molecular weight excluding hydrogens is 296 g/mol. The third-order valence-corrected chi connectivity index (χ3v) is 6.17. The summed E-state index contributed by atoms with van der Waals surface area (Å²) in [4.78, 5) is 14.4. The second-order valence-electron chi connectivity index (χ2n) is 5.96. The number of sulfone groups is 1. The largest absolute Gasteiger partial charge is 0.409 e. The fraction of sp³-hybridized carbons (Fsp3) is 0.833. The van der Waals surface area contributed by atoms with Gasteiger partial charge in [-0.05, 0) is 26.3 Å². The highest BCUT2D eigenvalue weighted by atomic mass is 32.2. The van der Waals surface area contributed by atoms with Gasteiger partial charge in [0.2, 0.25) is 5.91 Å². The number of likely N-dealkylation sites (tertiary alicyclic amines) is 1. The fourth-order valence-corrected chi connectivity index (χ4v) is 4.62. The van der Waals surface area contributed by atoms with Gasteiger partial charge in [0, 0.05) is 13.1 Å². The third-order valence-electron chi connectivity index (χ3n) is 4.40. The van der Waals surface area contributed by atoms with Crippen molar-refractivity contribution in [1.82, 2.24) is 10.2 Å². The SMILES string of the molecule is CN1CCC(NC(=O)C2CCS(=O)(=O)C2)(C(N)=NO)CC1. The summed E-state index contributed by atoms with van der Waals surface area (Å²) in [6, 6.07) is 0. The maximum Gasteiger partial charge on any atom is 0.224 e. The molecule has 1 atom stereocenters. The summed E-state index contributed by atoms with van der Waals surface area (Å²) in [6.45, 7) is 1.42. The van der Waals surface area contributed by atoms with E-state index in [1.54, 1.807) is 0 Å². The zero-order chi connectivity index (χ0) is 15.7. The zero-order valence-electron chi connectivity index (χ0n) is 12.1. The molecule has 0 bridgehead atoms. The summed E-state index contributed by atoms with van der Waals surface area (Å²) >= 11 is 0. The van der Waals surface area contributed by atoms with E-state index in [1.807, 2.05) is 7.05 Å². The minimum absolute atomic E-state index is 0.0233. The van der Waals surface area contributed by atoms with Crippen LogP contribution in [0.2, 0.25) is 0 Å². The molecule has 2 aliphatic heterocycles. The number of carbonyl (C=O) groups excluding carboxylic acids is 1. The summed E-state index contributed by atoms with van der Waals surface area (Å²) in [5, 5.41) is 14.9. The Labute approximate surface area is 124 Å². The summed E-state index contributed by atoms with van der Waals surface area (Å²) in [5.41, 5.74) is 4.89. The van der Waals surface area contributed by atoms with E-state index in [9.17, 15) is 13.2 Å². The van der Waals surface area contributed by atoms with Crippen molar-refractivity contribution in [2.45, 2.75) is 24.8 Å². The maximum atomic E-state index is 12.3. The van der Waals surface area contributed by atoms with E-state index < -0.39 is 21.3 Å². The van der Waals surface area contributed by atoms with E-state index in [0.717, 1.165) is 0 Å². The van der Waals surface area contributed by atoms with Crippen molar-refractivity contribution < 1.29 is 18.4 Å². The molecule has 0 spiro atoms. The molecule has 2 saturated heterocycles. The molecule has 0 aromatic carbocycles. The van der Waals surface area contributed by atoms with Crippen molar-refractivity contribution in [3.63, 3.8) is 0 Å². The molecule has 8 nitrogen and oxygen atoms in total. The smallest absolute Gasteiger partial charge is 0.224 e. The first-order valence-corrected chi connectivity index (χ1v) is 8.79. The number of hydrogen-bond donors (Lipinski definition) is 3. The number of nitrogens with zero attached hydrogens (tertiary/aromatic N) is 2. The molecule has 0 aromatic rings. The minimum Gasteiger partial charge on any atom is -0.409 e. The van der Waals surface area contributed by atoms with Crippen LogP contribution in [0.5, 0.6) is 0 Å². The predicted molar refractivity (Wildman–Crippen MR) is 77.8 cm³/mol. The number of nitrogens with one attached hydrogen (secondary N) is 1. The first kappa shape index (κ1) is 16.0. The number of amides is 1. The monoisotopic (exact) mass is 318 g/mol. The second kappa shape index (κ2) is 5.80. The normalized spacial score (nSPS) is 29.2. The van der Waals surface area contributed by atoms with Crippen molar-refractivity contribution >= 4 is 21.6 Å². The van der Waals surface area contributed by atoms with Gasteiger partial charge in [-0.3, -0.25) is 4.79 Å². The van der Waals surface area contributed by atoms with Crippen LogP contribution in [-0.2, 0) is 14.6 Å². The Bertz CT molecular complexity index is 537. The Balaban J connectivity index is 2.11. The average Bonchev–Trinajstić information content (AvgIpc) is 2.81. The molecule has 2 heterocycles. The molecule has 0 radical (unpaired) electrons. The van der Waals surface area contributed by atoms with Crippen LogP contribution in [0.3, 0.4) is 0 Å². The fourth-order valence-electron chi connectivity index (χ4n) is 2.88. The molecule has 1 unspecified atom stereocenters. The maximum absolute atomic E-state index is 12.3. The van der Waals surface area contributed by atoms with Gasteiger partial charge >= 0.3 is 0 Å². The lowest BCUT2D eigenvalue weighted by Gasteiger charge is -2.40. The van der Waals surface area contributed by atoms with Crippen LogP contribution in [0.4, 0.5) is 0 Å². The van der Waals surface area contributed by atoms with Gasteiger partial charge in [0.25, 0.3) is 0 Å². The molecule has 2 aliphatic rings. The van der Waals surface area contributed by atoms with Crippen LogP contribution >= 0.6 is 0 Å². The van der Waals surface area contributed by atoms with Crippen LogP contribution in [0.15, 0.2) is 5.16 Å². The molecule has 2 fully saturated rings. The van der Waals surface area contributed by atoms with Crippen molar-refractivity contribution in [1.29, 1.82) is 0 Å². The topological polar surface area (TPSA) is 125 Å². The number of carbonyl (C=O) groups is 1. The first-order valence-electron chi connectivity index (χ1n) is 6.97. The number of hydrogen-bond acceptors (Lipinski definition) is 6. The van der Waals surface area contributed by atoms with Gasteiger partial charge < -0.3 is 21.2 Å². The molecular formula is C12H22N4O4S. The highest BCUT2D eigenvalue weighted by Crippen LogP contribution is 2.25. The van der Waals surface area contributed by atoms with E-state index in [1.165, 1.54) is 0 Å². The van der Waals surface area contributed by atoms with Crippen LogP contribution in [0, 0.1) is 5.92 Å². The number of piperidine rings is 1. The molecule has 9 heteroatoms. The van der Waals surface area contributed by atoms with Gasteiger partial charge in [0.1, 0.15) is 5.54 Å². The van der Waals surface area contributed by atoms with Crippen molar-refractivity contribution in [3.05, 3.63) is 0 Å². The van der Waals surface area contributed by atoms with Gasteiger partial charge in [0.15, 0.2) is 15.7 Å². The molecule has 0 aliphatic carbocycles. The molecule has 1 amide bonds. The van der Waals surface area contributed by atoms with Crippen LogP contribution in [0.25, 0.3) is 0 Å². The van der Waals surface area contributed by atoms with Gasteiger partial charge in [-0.15, -0.1) is 0 Å². The Hall–Kier alpha value is -1.35. The van der Waals surface area contributed by atoms with E-state index >= 15 is 0 Å². The Morgan fingerprint density at radius 1 is 1.43 bits per heavy atom. The van der Waals surface area contributed by atoms with E-state index in [-0.39, 0.29) is 23.2 Å². The van der Waals surface area contributed by atoms with Crippen LogP contribution in [0.1, 0.15) is 19.3 Å². The van der Waals surface area contributed by atoms with Gasteiger partial charge in [-0.1, -0.05) is 5.16 Å². The second-order valence-corrected chi connectivity index (χ2v) is 8.19. The van der Waals surface area contributed by atoms with Gasteiger partial charge in [-0.2, -0.15) is 0 Å². The van der Waals surface area contributed by atoms with E-state index in [2.05, 4.69) is 15.4 Å². The summed E-state index contributed by atoms with van der Waals surface area (Å²) in [5.74, 6) is -0.967. The molecule has 2 rings (SSSR count). The quantitative estimate of drug-likeness (QED) is 0.258. The molecule has 120 valence electrons. The Kier molecular flexibility index (Phi) is 4.43. The number of amidine groups is 1. The number of rotatable bonds is 3. The lowest BCUT2D eigenvalue weighted by Crippen LogP contribution is -2.62. The third kappa shape index (κ3) is 3.46. The summed E-state index contributed by atoms with van der Waals surface area (Å²) in [6.07, 6.45) is 1.40.